The van der Waals surface area contributed by atoms with Crippen LogP contribution < -0.4 is 0 Å². The van der Waals surface area contributed by atoms with Crippen LogP contribution in [0.25, 0.3) is 0 Å². The molecule has 4 aliphatic carbocycles. The molecule has 5 fully saturated rings. The van der Waals surface area contributed by atoms with Gasteiger partial charge in [0.25, 0.3) is 0 Å². The van der Waals surface area contributed by atoms with E-state index in [2.05, 4.69) is 45.6 Å². The first-order chi connectivity index (χ1) is 16.6. The SMILES string of the molecule is CCCC(=O)N1C[C@H](C)CC[C@]12O[C@H]1C[C@@H]3[C@@H]4CC=C5C[C@@H](O)CC[C@]5(C)[C@H]4CC[C@]3(C)[C@H]1[C@@H]2C. The van der Waals surface area contributed by atoms with E-state index in [4.69, 9.17) is 4.74 Å². The normalized spacial score (nSPS) is 53.0. The van der Waals surface area contributed by atoms with Crippen molar-refractivity contribution in [3.8, 4) is 0 Å². The van der Waals surface area contributed by atoms with Crippen LogP contribution in [0.5, 0.6) is 0 Å². The lowest BCUT2D eigenvalue weighted by atomic mass is 9.47. The second-order valence-electron chi connectivity index (χ2n) is 14.1. The van der Waals surface area contributed by atoms with Crippen molar-refractivity contribution in [2.75, 3.05) is 6.54 Å². The smallest absolute Gasteiger partial charge is 0.224 e. The number of carbonyl (C=O) groups excluding carboxylic acids is 1. The van der Waals surface area contributed by atoms with Crippen molar-refractivity contribution >= 4 is 5.91 Å². The van der Waals surface area contributed by atoms with Gasteiger partial charge in [-0.3, -0.25) is 4.79 Å². The van der Waals surface area contributed by atoms with Gasteiger partial charge in [0.2, 0.25) is 5.91 Å². The van der Waals surface area contributed by atoms with Crippen LogP contribution in [0, 0.1) is 46.3 Å². The number of piperidine rings is 1. The molecule has 1 N–H and O–H groups in total. The second kappa shape index (κ2) is 8.32. The van der Waals surface area contributed by atoms with Gasteiger partial charge in [0, 0.05) is 18.9 Å². The summed E-state index contributed by atoms with van der Waals surface area (Å²) in [5.74, 6) is 4.07. The summed E-state index contributed by atoms with van der Waals surface area (Å²) in [5, 5.41) is 10.3. The summed E-state index contributed by atoms with van der Waals surface area (Å²) >= 11 is 0. The fourth-order valence-corrected chi connectivity index (χ4v) is 10.7. The minimum atomic E-state index is -0.371. The first kappa shape index (κ1) is 24.5. The van der Waals surface area contributed by atoms with E-state index in [-0.39, 0.29) is 17.2 Å². The molecule has 4 heteroatoms. The second-order valence-corrected chi connectivity index (χ2v) is 14.1. The van der Waals surface area contributed by atoms with Crippen molar-refractivity contribution < 1.29 is 14.6 Å². The zero-order valence-electron chi connectivity index (χ0n) is 22.9. The summed E-state index contributed by atoms with van der Waals surface area (Å²) in [6, 6.07) is 0. The van der Waals surface area contributed by atoms with Gasteiger partial charge >= 0.3 is 0 Å². The lowest BCUT2D eigenvalue weighted by Crippen LogP contribution is -2.60. The highest BCUT2D eigenvalue weighted by Crippen LogP contribution is 2.70. The number of allylic oxidation sites excluding steroid dienone is 1. The fraction of sp³-hybridized carbons (Fsp3) is 0.903. The van der Waals surface area contributed by atoms with Crippen molar-refractivity contribution in [2.24, 2.45) is 46.3 Å². The molecule has 1 spiro atoms. The van der Waals surface area contributed by atoms with Crippen molar-refractivity contribution in [3.63, 3.8) is 0 Å². The lowest BCUT2D eigenvalue weighted by molar-refractivity contribution is -0.201. The highest BCUT2D eigenvalue weighted by atomic mass is 16.5. The monoisotopic (exact) mass is 483 g/mol. The van der Waals surface area contributed by atoms with Gasteiger partial charge in [-0.05, 0) is 105 Å². The molecule has 2 heterocycles. The number of likely N-dealkylation sites (tertiary alicyclic amines) is 1. The topological polar surface area (TPSA) is 49.8 Å². The predicted molar refractivity (Wildman–Crippen MR) is 138 cm³/mol. The number of fused-ring (bicyclic) bond motifs is 7. The number of aliphatic hydroxyl groups excluding tert-OH is 1. The standard InChI is InChI=1S/C31H49NO3/c1-6-7-27(34)32-18-19(2)10-15-31(32)20(3)28-26(35-31)17-25-23-9-8-21-16-22(33)11-13-29(21,4)24(23)12-14-30(25,28)5/h8,19-20,22-26,28,33H,6-7,9-18H2,1-5H3/t19-,20+,22+,23-,24+,25-,26+,28+,29+,30+,31-/m1/s1. The summed E-state index contributed by atoms with van der Waals surface area (Å²) in [6.45, 7) is 12.9. The highest BCUT2D eigenvalue weighted by Gasteiger charge is 2.69. The molecule has 35 heavy (non-hydrogen) atoms. The van der Waals surface area contributed by atoms with E-state index in [1.165, 1.54) is 32.1 Å². The number of ether oxygens (including phenoxy) is 1. The van der Waals surface area contributed by atoms with Gasteiger partial charge in [0.1, 0.15) is 5.72 Å². The number of carbonyl (C=O) groups is 1. The first-order valence-corrected chi connectivity index (χ1v) is 15.0. The van der Waals surface area contributed by atoms with Gasteiger partial charge in [-0.1, -0.05) is 46.3 Å². The summed E-state index contributed by atoms with van der Waals surface area (Å²) in [6.07, 6.45) is 14.5. The van der Waals surface area contributed by atoms with E-state index in [9.17, 15) is 9.90 Å². The van der Waals surface area contributed by atoms with Gasteiger partial charge in [0.05, 0.1) is 12.2 Å². The van der Waals surface area contributed by atoms with E-state index >= 15 is 0 Å². The minimum absolute atomic E-state index is 0.132. The van der Waals surface area contributed by atoms with Crippen molar-refractivity contribution in [1.82, 2.24) is 4.90 Å². The van der Waals surface area contributed by atoms with Crippen LogP contribution in [0.2, 0.25) is 0 Å². The molecule has 6 aliphatic rings. The molecule has 11 atom stereocenters. The Kier molecular flexibility index (Phi) is 5.81. The molecule has 0 aromatic heterocycles. The maximum Gasteiger partial charge on any atom is 0.224 e. The number of amides is 1. The van der Waals surface area contributed by atoms with Crippen LogP contribution in [-0.2, 0) is 9.53 Å². The number of hydrogen-bond acceptors (Lipinski definition) is 3. The predicted octanol–water partition coefficient (Wildman–Crippen LogP) is 6.33. The maximum absolute atomic E-state index is 13.3. The Morgan fingerprint density at radius 1 is 1.14 bits per heavy atom. The zero-order chi connectivity index (χ0) is 24.8. The van der Waals surface area contributed by atoms with Gasteiger partial charge in [0.15, 0.2) is 0 Å². The quantitative estimate of drug-likeness (QED) is 0.467. The van der Waals surface area contributed by atoms with Crippen molar-refractivity contribution in [3.05, 3.63) is 11.6 Å². The van der Waals surface area contributed by atoms with Gasteiger partial charge in [-0.25, -0.2) is 0 Å². The summed E-state index contributed by atoms with van der Waals surface area (Å²) < 4.78 is 7.19. The Morgan fingerprint density at radius 2 is 1.94 bits per heavy atom. The number of hydrogen-bond donors (Lipinski definition) is 1. The molecule has 0 aromatic carbocycles. The van der Waals surface area contributed by atoms with Crippen LogP contribution >= 0.6 is 0 Å². The molecule has 196 valence electrons. The summed E-state index contributed by atoms with van der Waals surface area (Å²) in [7, 11) is 0. The molecule has 2 aliphatic heterocycles. The maximum atomic E-state index is 13.3. The van der Waals surface area contributed by atoms with Crippen LogP contribution in [-0.4, -0.2) is 40.4 Å². The van der Waals surface area contributed by atoms with E-state index in [0.717, 1.165) is 56.4 Å². The third-order valence-corrected chi connectivity index (χ3v) is 12.5. The van der Waals surface area contributed by atoms with Crippen molar-refractivity contribution in [2.45, 2.75) is 123 Å². The first-order valence-electron chi connectivity index (χ1n) is 15.0. The largest absolute Gasteiger partial charge is 0.393 e. The number of rotatable bonds is 2. The molecule has 1 amide bonds. The van der Waals surface area contributed by atoms with E-state index in [1.54, 1.807) is 5.57 Å². The Bertz CT molecular complexity index is 900. The molecule has 0 radical (unpaired) electrons. The molecule has 0 bridgehead atoms. The molecular weight excluding hydrogens is 434 g/mol. The molecule has 6 rings (SSSR count). The molecular formula is C31H49NO3. The minimum Gasteiger partial charge on any atom is -0.393 e. The average Bonchev–Trinajstić information content (AvgIpc) is 3.27. The summed E-state index contributed by atoms with van der Waals surface area (Å²) in [4.78, 5) is 15.5. The van der Waals surface area contributed by atoms with Gasteiger partial charge < -0.3 is 14.7 Å². The third kappa shape index (κ3) is 3.33. The fourth-order valence-electron chi connectivity index (χ4n) is 10.7. The third-order valence-electron chi connectivity index (χ3n) is 12.5. The molecule has 2 saturated heterocycles. The zero-order valence-corrected chi connectivity index (χ0v) is 22.9. The van der Waals surface area contributed by atoms with Crippen molar-refractivity contribution in [1.29, 1.82) is 0 Å². The molecule has 3 saturated carbocycles. The Labute approximate surface area is 213 Å². The van der Waals surface area contributed by atoms with Gasteiger partial charge in [-0.2, -0.15) is 0 Å². The van der Waals surface area contributed by atoms with Crippen LogP contribution in [0.15, 0.2) is 11.6 Å². The Hall–Kier alpha value is -0.870. The molecule has 0 unspecified atom stereocenters. The van der Waals surface area contributed by atoms with E-state index < -0.39 is 0 Å². The number of nitrogens with zero attached hydrogens (tertiary/aromatic N) is 1. The Balaban J connectivity index is 1.29. The van der Waals surface area contributed by atoms with Crippen LogP contribution in [0.4, 0.5) is 0 Å². The number of aliphatic hydroxyl groups is 1. The van der Waals surface area contributed by atoms with Gasteiger partial charge in [-0.15, -0.1) is 0 Å². The summed E-state index contributed by atoms with van der Waals surface area (Å²) in [5.41, 5.74) is 1.79. The van der Waals surface area contributed by atoms with Crippen LogP contribution in [0.3, 0.4) is 0 Å². The van der Waals surface area contributed by atoms with E-state index in [1.807, 2.05) is 0 Å². The van der Waals surface area contributed by atoms with E-state index in [0.29, 0.717) is 41.6 Å². The highest BCUT2D eigenvalue weighted by molar-refractivity contribution is 5.77. The lowest BCUT2D eigenvalue weighted by Gasteiger charge is -2.59. The Morgan fingerprint density at radius 3 is 2.71 bits per heavy atom. The molecule has 0 aromatic rings. The average molecular weight is 484 g/mol. The van der Waals surface area contributed by atoms with Crippen LogP contribution in [0.1, 0.15) is 105 Å². The molecule has 4 nitrogen and oxygen atoms in total.